The highest BCUT2D eigenvalue weighted by Crippen LogP contribution is 2.34. The van der Waals surface area contributed by atoms with Gasteiger partial charge in [0.15, 0.2) is 23.0 Å². The Morgan fingerprint density at radius 3 is 2.30 bits per heavy atom. The van der Waals surface area contributed by atoms with Crippen LogP contribution in [0.25, 0.3) is 0 Å². The van der Waals surface area contributed by atoms with Crippen molar-refractivity contribution in [3.05, 3.63) is 47.0 Å². The van der Waals surface area contributed by atoms with Crippen LogP contribution in [0.5, 0.6) is 23.0 Å². The molecular weight excluding hydrogens is 256 g/mol. The zero-order valence-corrected chi connectivity index (χ0v) is 11.8. The number of phenolic OH excluding ortho intramolecular Hbond substituents is 2. The first kappa shape index (κ1) is 14.1. The van der Waals surface area contributed by atoms with Gasteiger partial charge in [-0.25, -0.2) is 0 Å². The first-order valence-electron chi connectivity index (χ1n) is 6.27. The van der Waals surface area contributed by atoms with Gasteiger partial charge in [0.25, 0.3) is 0 Å². The highest BCUT2D eigenvalue weighted by Gasteiger charge is 2.11. The van der Waals surface area contributed by atoms with Gasteiger partial charge in [-0.1, -0.05) is 12.1 Å². The highest BCUT2D eigenvalue weighted by atomic mass is 16.5. The molecule has 0 atom stereocenters. The van der Waals surface area contributed by atoms with Crippen molar-refractivity contribution >= 4 is 0 Å². The van der Waals surface area contributed by atoms with Crippen LogP contribution in [-0.4, -0.2) is 24.4 Å². The number of ether oxygens (including phenoxy) is 2. The summed E-state index contributed by atoms with van der Waals surface area (Å²) in [6.07, 6.45) is 0.528. The highest BCUT2D eigenvalue weighted by molar-refractivity contribution is 5.51. The molecule has 0 amide bonds. The lowest BCUT2D eigenvalue weighted by molar-refractivity contribution is 0.370. The summed E-state index contributed by atoms with van der Waals surface area (Å²) in [6.45, 7) is 1.95. The van der Waals surface area contributed by atoms with Crippen LogP contribution < -0.4 is 9.47 Å². The zero-order chi connectivity index (χ0) is 14.7. The summed E-state index contributed by atoms with van der Waals surface area (Å²) in [5.41, 5.74) is 2.72. The van der Waals surface area contributed by atoms with E-state index in [0.717, 1.165) is 16.7 Å². The Bertz CT molecular complexity index is 620. The summed E-state index contributed by atoms with van der Waals surface area (Å²) in [4.78, 5) is 0. The Labute approximate surface area is 118 Å². The maximum atomic E-state index is 10.2. The van der Waals surface area contributed by atoms with Crippen molar-refractivity contribution in [2.75, 3.05) is 14.2 Å². The van der Waals surface area contributed by atoms with E-state index in [4.69, 9.17) is 9.47 Å². The predicted molar refractivity (Wildman–Crippen MR) is 76.9 cm³/mol. The lowest BCUT2D eigenvalue weighted by Crippen LogP contribution is -1.94. The van der Waals surface area contributed by atoms with Crippen LogP contribution in [0.15, 0.2) is 30.3 Å². The van der Waals surface area contributed by atoms with Gasteiger partial charge in [0.2, 0.25) is 0 Å². The standard InChI is InChI=1S/C16H18O4/c1-10-6-12(16(18)15(7-10)20-3)8-11-4-5-13(17)14(9-11)19-2/h4-7,9,17-18H,8H2,1-3H3. The molecule has 0 aliphatic rings. The molecule has 2 rings (SSSR count). The Morgan fingerprint density at radius 2 is 1.65 bits per heavy atom. The smallest absolute Gasteiger partial charge is 0.161 e. The molecule has 106 valence electrons. The van der Waals surface area contributed by atoms with E-state index in [0.29, 0.717) is 17.9 Å². The Balaban J connectivity index is 2.37. The zero-order valence-electron chi connectivity index (χ0n) is 11.8. The summed E-state index contributed by atoms with van der Waals surface area (Å²) in [7, 11) is 3.04. The fourth-order valence-corrected chi connectivity index (χ4v) is 2.16. The van der Waals surface area contributed by atoms with Crippen molar-refractivity contribution in [3.63, 3.8) is 0 Å². The fraction of sp³-hybridized carbons (Fsp3) is 0.250. The third kappa shape index (κ3) is 2.79. The number of hydrogen-bond acceptors (Lipinski definition) is 4. The summed E-state index contributed by atoms with van der Waals surface area (Å²) >= 11 is 0. The first-order chi connectivity index (χ1) is 9.55. The van der Waals surface area contributed by atoms with Crippen LogP contribution in [0.1, 0.15) is 16.7 Å². The van der Waals surface area contributed by atoms with Crippen LogP contribution in [0.2, 0.25) is 0 Å². The van der Waals surface area contributed by atoms with Crippen molar-refractivity contribution in [2.24, 2.45) is 0 Å². The number of aryl methyl sites for hydroxylation is 1. The lowest BCUT2D eigenvalue weighted by Gasteiger charge is -2.12. The van der Waals surface area contributed by atoms with Crippen molar-refractivity contribution in [1.82, 2.24) is 0 Å². The Kier molecular flexibility index (Phi) is 4.03. The third-order valence-corrected chi connectivity index (χ3v) is 3.16. The van der Waals surface area contributed by atoms with Gasteiger partial charge >= 0.3 is 0 Å². The van der Waals surface area contributed by atoms with Crippen LogP contribution in [0.3, 0.4) is 0 Å². The van der Waals surface area contributed by atoms with Gasteiger partial charge in [0.05, 0.1) is 14.2 Å². The van der Waals surface area contributed by atoms with Crippen LogP contribution in [0.4, 0.5) is 0 Å². The average molecular weight is 274 g/mol. The van der Waals surface area contributed by atoms with E-state index in [1.165, 1.54) is 14.2 Å². The molecule has 0 radical (unpaired) electrons. The van der Waals surface area contributed by atoms with Gasteiger partial charge in [0, 0.05) is 12.0 Å². The van der Waals surface area contributed by atoms with E-state index < -0.39 is 0 Å². The van der Waals surface area contributed by atoms with E-state index >= 15 is 0 Å². The summed E-state index contributed by atoms with van der Waals surface area (Å²) in [5.74, 6) is 1.12. The molecule has 0 unspecified atom stereocenters. The topological polar surface area (TPSA) is 58.9 Å². The minimum atomic E-state index is 0.0993. The second kappa shape index (κ2) is 5.74. The third-order valence-electron chi connectivity index (χ3n) is 3.16. The molecule has 4 heteroatoms. The quantitative estimate of drug-likeness (QED) is 0.899. The number of hydrogen-bond donors (Lipinski definition) is 2. The molecule has 20 heavy (non-hydrogen) atoms. The van der Waals surface area contributed by atoms with E-state index in [9.17, 15) is 10.2 Å². The van der Waals surface area contributed by atoms with Gasteiger partial charge in [-0.3, -0.25) is 0 Å². The molecule has 0 saturated heterocycles. The minimum absolute atomic E-state index is 0.0993. The normalized spacial score (nSPS) is 10.3. The number of benzene rings is 2. The molecule has 4 nitrogen and oxygen atoms in total. The monoisotopic (exact) mass is 274 g/mol. The number of methoxy groups -OCH3 is 2. The Morgan fingerprint density at radius 1 is 0.950 bits per heavy atom. The van der Waals surface area contributed by atoms with Crippen molar-refractivity contribution in [1.29, 1.82) is 0 Å². The van der Waals surface area contributed by atoms with Crippen molar-refractivity contribution in [2.45, 2.75) is 13.3 Å². The molecule has 0 bridgehead atoms. The second-order valence-corrected chi connectivity index (χ2v) is 4.66. The van der Waals surface area contributed by atoms with Crippen molar-refractivity contribution < 1.29 is 19.7 Å². The summed E-state index contributed by atoms with van der Waals surface area (Å²) < 4.78 is 10.2. The summed E-state index contributed by atoms with van der Waals surface area (Å²) in [6, 6.07) is 8.83. The van der Waals surface area contributed by atoms with E-state index in [1.54, 1.807) is 24.3 Å². The van der Waals surface area contributed by atoms with Gasteiger partial charge in [0.1, 0.15) is 0 Å². The van der Waals surface area contributed by atoms with Gasteiger partial charge in [-0.05, 0) is 36.2 Å². The van der Waals surface area contributed by atoms with Gasteiger partial charge in [-0.2, -0.15) is 0 Å². The molecule has 0 fully saturated rings. The van der Waals surface area contributed by atoms with E-state index in [-0.39, 0.29) is 11.5 Å². The Hall–Kier alpha value is -2.36. The maximum absolute atomic E-state index is 10.2. The molecule has 0 heterocycles. The molecule has 2 aromatic rings. The lowest BCUT2D eigenvalue weighted by atomic mass is 10.0. The van der Waals surface area contributed by atoms with Crippen molar-refractivity contribution in [3.8, 4) is 23.0 Å². The van der Waals surface area contributed by atoms with Gasteiger partial charge < -0.3 is 19.7 Å². The average Bonchev–Trinajstić information content (AvgIpc) is 2.44. The number of aromatic hydroxyl groups is 2. The molecule has 0 aliphatic carbocycles. The number of phenols is 2. The van der Waals surface area contributed by atoms with Crippen LogP contribution in [-0.2, 0) is 6.42 Å². The summed E-state index contributed by atoms with van der Waals surface area (Å²) in [5, 5.41) is 19.7. The molecule has 2 N–H and O–H groups in total. The van der Waals surface area contributed by atoms with Crippen LogP contribution in [0, 0.1) is 6.92 Å². The molecule has 0 aliphatic heterocycles. The predicted octanol–water partition coefficient (Wildman–Crippen LogP) is 3.01. The maximum Gasteiger partial charge on any atom is 0.161 e. The van der Waals surface area contributed by atoms with Crippen LogP contribution >= 0.6 is 0 Å². The molecule has 0 spiro atoms. The molecular formula is C16H18O4. The number of rotatable bonds is 4. The fourth-order valence-electron chi connectivity index (χ4n) is 2.16. The molecule has 0 saturated carbocycles. The second-order valence-electron chi connectivity index (χ2n) is 4.66. The SMILES string of the molecule is COc1cc(Cc2cc(C)cc(OC)c2O)ccc1O. The first-order valence-corrected chi connectivity index (χ1v) is 6.27. The largest absolute Gasteiger partial charge is 0.504 e. The molecule has 0 aromatic heterocycles. The van der Waals surface area contributed by atoms with Gasteiger partial charge in [-0.15, -0.1) is 0 Å². The van der Waals surface area contributed by atoms with E-state index in [1.807, 2.05) is 13.0 Å². The van der Waals surface area contributed by atoms with E-state index in [2.05, 4.69) is 0 Å². The molecule has 2 aromatic carbocycles. The minimum Gasteiger partial charge on any atom is -0.504 e.